The maximum absolute atomic E-state index is 12.4. The van der Waals surface area contributed by atoms with Gasteiger partial charge in [0, 0.05) is 6.42 Å². The number of benzene rings is 1. The number of ether oxygens (including phenoxy) is 2. The second kappa shape index (κ2) is 5.83. The van der Waals surface area contributed by atoms with Gasteiger partial charge in [0.1, 0.15) is 5.75 Å². The second-order valence-electron chi connectivity index (χ2n) is 5.57. The van der Waals surface area contributed by atoms with Crippen LogP contribution in [0, 0.1) is 0 Å². The molecule has 2 saturated heterocycles. The van der Waals surface area contributed by atoms with Crippen molar-refractivity contribution in [3.8, 4) is 5.75 Å². The lowest BCUT2D eigenvalue weighted by molar-refractivity contribution is -0.140. The zero-order valence-electron chi connectivity index (χ0n) is 11.9. The number of morpholine rings is 1. The molecule has 20 heavy (non-hydrogen) atoms. The Morgan fingerprint density at radius 2 is 1.90 bits per heavy atom. The summed E-state index contributed by atoms with van der Waals surface area (Å²) in [5.74, 6) is 1.13. The topological polar surface area (TPSA) is 38.8 Å². The van der Waals surface area contributed by atoms with Crippen molar-refractivity contribution in [2.45, 2.75) is 37.8 Å². The summed E-state index contributed by atoms with van der Waals surface area (Å²) in [4.78, 5) is 14.5. The quantitative estimate of drug-likeness (QED) is 0.844. The Labute approximate surface area is 119 Å². The Morgan fingerprint density at radius 1 is 1.25 bits per heavy atom. The zero-order chi connectivity index (χ0) is 13.9. The molecule has 1 amide bonds. The van der Waals surface area contributed by atoms with E-state index in [1.165, 1.54) is 5.56 Å². The smallest absolute Gasteiger partial charge is 0.223 e. The van der Waals surface area contributed by atoms with E-state index in [9.17, 15) is 4.79 Å². The van der Waals surface area contributed by atoms with Crippen LogP contribution in [-0.4, -0.2) is 43.2 Å². The lowest BCUT2D eigenvalue weighted by Gasteiger charge is -2.34. The number of rotatable bonds is 4. The van der Waals surface area contributed by atoms with Gasteiger partial charge in [-0.05, 0) is 37.0 Å². The third kappa shape index (κ3) is 2.66. The number of hydrogen-bond acceptors (Lipinski definition) is 3. The molecule has 2 bridgehead atoms. The molecule has 0 aromatic heterocycles. The van der Waals surface area contributed by atoms with Gasteiger partial charge in [-0.15, -0.1) is 0 Å². The number of carbonyl (C=O) groups is 1. The third-order valence-corrected chi connectivity index (χ3v) is 4.31. The average Bonchev–Trinajstić information content (AvgIpc) is 2.75. The summed E-state index contributed by atoms with van der Waals surface area (Å²) in [6, 6.07) is 8.57. The summed E-state index contributed by atoms with van der Waals surface area (Å²) in [6.45, 7) is 1.43. The van der Waals surface area contributed by atoms with E-state index in [1.807, 2.05) is 24.3 Å². The predicted octanol–water partition coefficient (Wildman–Crippen LogP) is 2.02. The van der Waals surface area contributed by atoms with Crippen LogP contribution in [0.1, 0.15) is 24.8 Å². The Hall–Kier alpha value is -1.55. The Kier molecular flexibility index (Phi) is 3.92. The Morgan fingerprint density at radius 3 is 2.50 bits per heavy atom. The SMILES string of the molecule is COc1ccc(CCC(=O)N2[C@@H]3CC[C@@H]2COC3)cc1. The van der Waals surface area contributed by atoms with E-state index in [4.69, 9.17) is 9.47 Å². The fraction of sp³-hybridized carbons (Fsp3) is 0.562. The molecule has 2 fully saturated rings. The fourth-order valence-corrected chi connectivity index (χ4v) is 3.21. The van der Waals surface area contributed by atoms with Crippen LogP contribution in [0.5, 0.6) is 5.75 Å². The minimum atomic E-state index is 0.275. The van der Waals surface area contributed by atoms with Gasteiger partial charge >= 0.3 is 0 Å². The molecule has 2 aliphatic rings. The fourth-order valence-electron chi connectivity index (χ4n) is 3.21. The molecule has 0 radical (unpaired) electrons. The molecule has 3 rings (SSSR count). The number of hydrogen-bond donors (Lipinski definition) is 0. The van der Waals surface area contributed by atoms with Crippen LogP contribution in [0.3, 0.4) is 0 Å². The number of nitrogens with zero attached hydrogens (tertiary/aromatic N) is 1. The molecule has 0 aliphatic carbocycles. The van der Waals surface area contributed by atoms with Gasteiger partial charge < -0.3 is 14.4 Å². The van der Waals surface area contributed by atoms with Crippen LogP contribution >= 0.6 is 0 Å². The number of carbonyl (C=O) groups excluding carboxylic acids is 1. The molecular formula is C16H21NO3. The summed E-state index contributed by atoms with van der Waals surface area (Å²) in [5, 5.41) is 0. The Bertz CT molecular complexity index is 455. The van der Waals surface area contributed by atoms with Crippen molar-refractivity contribution in [2.24, 2.45) is 0 Å². The average molecular weight is 275 g/mol. The second-order valence-corrected chi connectivity index (χ2v) is 5.57. The monoisotopic (exact) mass is 275 g/mol. The van der Waals surface area contributed by atoms with Crippen molar-refractivity contribution in [1.82, 2.24) is 4.90 Å². The van der Waals surface area contributed by atoms with Crippen molar-refractivity contribution in [2.75, 3.05) is 20.3 Å². The van der Waals surface area contributed by atoms with Gasteiger partial charge in [0.2, 0.25) is 5.91 Å². The molecule has 2 atom stereocenters. The lowest BCUT2D eigenvalue weighted by atomic mass is 10.1. The third-order valence-electron chi connectivity index (χ3n) is 4.31. The van der Waals surface area contributed by atoms with E-state index in [2.05, 4.69) is 4.90 Å². The number of methoxy groups -OCH3 is 1. The minimum absolute atomic E-state index is 0.275. The molecule has 4 heteroatoms. The largest absolute Gasteiger partial charge is 0.497 e. The number of amides is 1. The van der Waals surface area contributed by atoms with Gasteiger partial charge in [0.15, 0.2) is 0 Å². The molecule has 0 spiro atoms. The van der Waals surface area contributed by atoms with E-state index in [-0.39, 0.29) is 5.91 Å². The van der Waals surface area contributed by atoms with Gasteiger partial charge in [0.25, 0.3) is 0 Å². The highest BCUT2D eigenvalue weighted by molar-refractivity contribution is 5.77. The minimum Gasteiger partial charge on any atom is -0.497 e. The van der Waals surface area contributed by atoms with Crippen molar-refractivity contribution in [3.05, 3.63) is 29.8 Å². The first-order valence-electron chi connectivity index (χ1n) is 7.30. The molecule has 0 N–H and O–H groups in total. The molecule has 2 aliphatic heterocycles. The zero-order valence-corrected chi connectivity index (χ0v) is 11.9. The van der Waals surface area contributed by atoms with Crippen LogP contribution in [0.4, 0.5) is 0 Å². The van der Waals surface area contributed by atoms with E-state index in [1.54, 1.807) is 7.11 Å². The standard InChI is InChI=1S/C16H21NO3/c1-19-15-7-2-12(3-8-15)4-9-16(18)17-13-5-6-14(17)11-20-10-13/h2-3,7-8,13-14H,4-6,9-11H2,1H3/t13-,14-/m1/s1. The van der Waals surface area contributed by atoms with Crippen molar-refractivity contribution in [3.63, 3.8) is 0 Å². The summed E-state index contributed by atoms with van der Waals surface area (Å²) < 4.78 is 10.7. The lowest BCUT2D eigenvalue weighted by Crippen LogP contribution is -2.49. The van der Waals surface area contributed by atoms with Gasteiger partial charge in [-0.3, -0.25) is 4.79 Å². The van der Waals surface area contributed by atoms with Gasteiger partial charge in [-0.2, -0.15) is 0 Å². The predicted molar refractivity (Wildman–Crippen MR) is 75.8 cm³/mol. The highest BCUT2D eigenvalue weighted by atomic mass is 16.5. The first-order valence-corrected chi connectivity index (χ1v) is 7.30. The molecule has 1 aromatic rings. The summed E-state index contributed by atoms with van der Waals surface area (Å²) in [6.07, 6.45) is 3.57. The van der Waals surface area contributed by atoms with Crippen molar-refractivity contribution in [1.29, 1.82) is 0 Å². The van der Waals surface area contributed by atoms with Crippen LogP contribution in [-0.2, 0) is 16.0 Å². The van der Waals surface area contributed by atoms with E-state index < -0.39 is 0 Å². The molecule has 1 aromatic carbocycles. The van der Waals surface area contributed by atoms with E-state index >= 15 is 0 Å². The molecule has 108 valence electrons. The number of aryl methyl sites for hydroxylation is 1. The summed E-state index contributed by atoms with van der Waals surface area (Å²) >= 11 is 0. The maximum atomic E-state index is 12.4. The summed E-state index contributed by atoms with van der Waals surface area (Å²) in [7, 11) is 1.66. The normalized spacial score (nSPS) is 24.8. The maximum Gasteiger partial charge on any atom is 0.223 e. The van der Waals surface area contributed by atoms with E-state index in [0.717, 1.165) is 25.0 Å². The first-order chi connectivity index (χ1) is 9.78. The van der Waals surface area contributed by atoms with Crippen molar-refractivity contribution < 1.29 is 14.3 Å². The molecule has 0 saturated carbocycles. The number of fused-ring (bicyclic) bond motifs is 2. The van der Waals surface area contributed by atoms with Gasteiger partial charge in [0.05, 0.1) is 32.4 Å². The highest BCUT2D eigenvalue weighted by Crippen LogP contribution is 2.29. The van der Waals surface area contributed by atoms with Crippen LogP contribution in [0.15, 0.2) is 24.3 Å². The van der Waals surface area contributed by atoms with E-state index in [0.29, 0.717) is 31.7 Å². The Balaban J connectivity index is 1.56. The van der Waals surface area contributed by atoms with Crippen LogP contribution < -0.4 is 4.74 Å². The molecule has 0 unspecified atom stereocenters. The van der Waals surface area contributed by atoms with Crippen LogP contribution in [0.2, 0.25) is 0 Å². The van der Waals surface area contributed by atoms with Crippen molar-refractivity contribution >= 4 is 5.91 Å². The highest BCUT2D eigenvalue weighted by Gasteiger charge is 2.39. The first kappa shape index (κ1) is 13.4. The van der Waals surface area contributed by atoms with Gasteiger partial charge in [-0.25, -0.2) is 0 Å². The van der Waals surface area contributed by atoms with Gasteiger partial charge in [-0.1, -0.05) is 12.1 Å². The molecular weight excluding hydrogens is 254 g/mol. The molecule has 2 heterocycles. The van der Waals surface area contributed by atoms with Crippen LogP contribution in [0.25, 0.3) is 0 Å². The summed E-state index contributed by atoms with van der Waals surface area (Å²) in [5.41, 5.74) is 1.18. The molecule has 4 nitrogen and oxygen atoms in total.